The number of esters is 1. The maximum atomic E-state index is 14.2. The molecular formula is C31H25ClN2O5S2. The highest BCUT2D eigenvalue weighted by atomic mass is 35.5. The van der Waals surface area contributed by atoms with Crippen LogP contribution in [0.15, 0.2) is 89.1 Å². The fourth-order valence-electron chi connectivity index (χ4n) is 4.57. The van der Waals surface area contributed by atoms with Gasteiger partial charge in [-0.15, -0.1) is 11.3 Å². The highest BCUT2D eigenvalue weighted by molar-refractivity contribution is 7.90. The number of carbonyl (C=O) groups is 1. The summed E-state index contributed by atoms with van der Waals surface area (Å²) in [5, 5.41) is 13.2. The van der Waals surface area contributed by atoms with E-state index in [4.69, 9.17) is 21.1 Å². The first kappa shape index (κ1) is 28.4. The summed E-state index contributed by atoms with van der Waals surface area (Å²) in [6, 6.07) is 24.1. The lowest BCUT2D eigenvalue weighted by molar-refractivity contribution is -0.157. The lowest BCUT2D eigenvalue weighted by atomic mass is 9.96. The standard InChI is InChI=1S/C31H25ClN2O5S2/c1-31(2,3)39-28(35)19-38-26-11-6-9-22(24(26)18-33)29-23-8-4-5-10-25(23)34(30(29)27-12-7-17-40-27)41(36,37)21-15-13-20(32)14-16-21/h4-17H,19H2,1-3H3. The number of hydrogen-bond donors (Lipinski definition) is 0. The van der Waals surface area contributed by atoms with E-state index in [1.54, 1.807) is 51.1 Å². The van der Waals surface area contributed by atoms with Crippen LogP contribution in [0.4, 0.5) is 0 Å². The Bertz CT molecular complexity index is 1900. The predicted molar refractivity (Wildman–Crippen MR) is 161 cm³/mol. The van der Waals surface area contributed by atoms with Crippen molar-refractivity contribution in [1.82, 2.24) is 3.97 Å². The zero-order chi connectivity index (χ0) is 29.4. The van der Waals surface area contributed by atoms with Gasteiger partial charge < -0.3 is 9.47 Å². The zero-order valence-electron chi connectivity index (χ0n) is 22.4. The molecule has 0 saturated heterocycles. The summed E-state index contributed by atoms with van der Waals surface area (Å²) in [7, 11) is -4.11. The average molecular weight is 605 g/mol. The second kappa shape index (κ2) is 11.1. The molecule has 0 aliphatic carbocycles. The molecule has 0 unspecified atom stereocenters. The molecule has 0 spiro atoms. The van der Waals surface area contributed by atoms with Gasteiger partial charge in [0.1, 0.15) is 23.0 Å². The van der Waals surface area contributed by atoms with Gasteiger partial charge in [-0.05, 0) is 68.6 Å². The number of halogens is 1. The van der Waals surface area contributed by atoms with Gasteiger partial charge in [0.25, 0.3) is 10.0 Å². The molecule has 0 fully saturated rings. The second-order valence-corrected chi connectivity index (χ2v) is 13.3. The molecule has 7 nitrogen and oxygen atoms in total. The Morgan fingerprint density at radius 3 is 2.39 bits per heavy atom. The molecule has 208 valence electrons. The van der Waals surface area contributed by atoms with Gasteiger partial charge in [-0.25, -0.2) is 17.2 Å². The van der Waals surface area contributed by atoms with Crippen LogP contribution in [-0.2, 0) is 19.6 Å². The molecule has 2 heterocycles. The van der Waals surface area contributed by atoms with E-state index in [1.165, 1.54) is 39.6 Å². The number of nitrogens with zero attached hydrogens (tertiary/aromatic N) is 2. The molecule has 2 aromatic heterocycles. The third-order valence-corrected chi connectivity index (χ3v) is 8.97. The number of rotatable bonds is 7. The summed E-state index contributed by atoms with van der Waals surface area (Å²) in [4.78, 5) is 13.1. The van der Waals surface area contributed by atoms with Crippen molar-refractivity contribution in [3.63, 3.8) is 0 Å². The number of thiophene rings is 1. The molecule has 0 radical (unpaired) electrons. The van der Waals surface area contributed by atoms with E-state index in [9.17, 15) is 18.5 Å². The van der Waals surface area contributed by atoms with Gasteiger partial charge in [0.05, 0.1) is 21.0 Å². The number of nitriles is 1. The van der Waals surface area contributed by atoms with E-state index in [0.717, 1.165) is 0 Å². The number of carbonyl (C=O) groups excluding carboxylic acids is 1. The number of fused-ring (bicyclic) bond motifs is 1. The summed E-state index contributed by atoms with van der Waals surface area (Å²) in [5.41, 5.74) is 1.37. The van der Waals surface area contributed by atoms with E-state index in [1.807, 2.05) is 29.6 Å². The first-order valence-corrected chi connectivity index (χ1v) is 15.3. The van der Waals surface area contributed by atoms with Crippen LogP contribution in [0, 0.1) is 11.3 Å². The first-order chi connectivity index (χ1) is 19.5. The van der Waals surface area contributed by atoms with Crippen LogP contribution in [0.1, 0.15) is 26.3 Å². The highest BCUT2D eigenvalue weighted by Gasteiger charge is 2.30. The molecule has 41 heavy (non-hydrogen) atoms. The highest BCUT2D eigenvalue weighted by Crippen LogP contribution is 2.46. The van der Waals surface area contributed by atoms with Gasteiger partial charge in [-0.3, -0.25) is 0 Å². The molecule has 0 atom stereocenters. The van der Waals surface area contributed by atoms with Crippen molar-refractivity contribution in [3.05, 3.63) is 94.8 Å². The van der Waals surface area contributed by atoms with Gasteiger partial charge in [-0.1, -0.05) is 48.0 Å². The van der Waals surface area contributed by atoms with Gasteiger partial charge in [0, 0.05) is 21.5 Å². The fraction of sp³-hybridized carbons (Fsp3) is 0.161. The third kappa shape index (κ3) is 5.59. The van der Waals surface area contributed by atoms with Crippen LogP contribution >= 0.6 is 22.9 Å². The van der Waals surface area contributed by atoms with E-state index in [-0.39, 0.29) is 22.8 Å². The maximum Gasteiger partial charge on any atom is 0.344 e. The normalized spacial score (nSPS) is 11.8. The first-order valence-electron chi connectivity index (χ1n) is 12.6. The molecular weight excluding hydrogens is 580 g/mol. The number of hydrogen-bond acceptors (Lipinski definition) is 7. The number of aromatic nitrogens is 1. The lowest BCUT2D eigenvalue weighted by Gasteiger charge is -2.20. The maximum absolute atomic E-state index is 14.2. The molecule has 5 aromatic rings. The summed E-state index contributed by atoms with van der Waals surface area (Å²) >= 11 is 7.44. The Kier molecular flexibility index (Phi) is 7.66. The molecule has 0 bridgehead atoms. The van der Waals surface area contributed by atoms with Crippen LogP contribution in [-0.4, -0.2) is 30.6 Å². The molecule has 10 heteroatoms. The van der Waals surface area contributed by atoms with E-state index in [0.29, 0.717) is 37.6 Å². The third-order valence-electron chi connectivity index (χ3n) is 6.11. The molecule has 0 aliphatic rings. The summed E-state index contributed by atoms with van der Waals surface area (Å²) in [6.45, 7) is 4.88. The Morgan fingerprint density at radius 1 is 1.00 bits per heavy atom. The van der Waals surface area contributed by atoms with E-state index in [2.05, 4.69) is 6.07 Å². The van der Waals surface area contributed by atoms with Crippen molar-refractivity contribution in [2.24, 2.45) is 0 Å². The minimum Gasteiger partial charge on any atom is -0.480 e. The minimum absolute atomic E-state index is 0.0713. The Hall–Kier alpha value is -4.10. The van der Waals surface area contributed by atoms with Gasteiger partial charge in [0.2, 0.25) is 0 Å². The van der Waals surface area contributed by atoms with E-state index < -0.39 is 21.6 Å². The fourth-order valence-corrected chi connectivity index (χ4v) is 7.05. The van der Waals surface area contributed by atoms with Crippen molar-refractivity contribution in [1.29, 1.82) is 5.26 Å². The van der Waals surface area contributed by atoms with Crippen molar-refractivity contribution in [2.45, 2.75) is 31.3 Å². The monoisotopic (exact) mass is 604 g/mol. The van der Waals surface area contributed by atoms with Crippen LogP contribution in [0.5, 0.6) is 5.75 Å². The predicted octanol–water partition coefficient (Wildman–Crippen LogP) is 7.52. The van der Waals surface area contributed by atoms with Crippen molar-refractivity contribution in [2.75, 3.05) is 6.61 Å². The van der Waals surface area contributed by atoms with Gasteiger partial charge >= 0.3 is 5.97 Å². The van der Waals surface area contributed by atoms with E-state index >= 15 is 0 Å². The minimum atomic E-state index is -4.11. The average Bonchev–Trinajstić information content (AvgIpc) is 3.57. The quantitative estimate of drug-likeness (QED) is 0.178. The van der Waals surface area contributed by atoms with Crippen molar-refractivity contribution >= 4 is 49.8 Å². The molecule has 0 aliphatic heterocycles. The van der Waals surface area contributed by atoms with Crippen molar-refractivity contribution < 1.29 is 22.7 Å². The topological polar surface area (TPSA) is 98.4 Å². The number of para-hydroxylation sites is 1. The van der Waals surface area contributed by atoms with Crippen LogP contribution < -0.4 is 4.74 Å². The molecule has 5 rings (SSSR count). The largest absolute Gasteiger partial charge is 0.480 e. The van der Waals surface area contributed by atoms with Crippen LogP contribution in [0.25, 0.3) is 32.6 Å². The lowest BCUT2D eigenvalue weighted by Crippen LogP contribution is -2.27. The Balaban J connectivity index is 1.76. The van der Waals surface area contributed by atoms with Crippen LogP contribution in [0.3, 0.4) is 0 Å². The smallest absolute Gasteiger partial charge is 0.344 e. The summed E-state index contributed by atoms with van der Waals surface area (Å²) in [6.07, 6.45) is 0. The summed E-state index contributed by atoms with van der Waals surface area (Å²) < 4.78 is 40.9. The van der Waals surface area contributed by atoms with Gasteiger partial charge in [0.15, 0.2) is 6.61 Å². The zero-order valence-corrected chi connectivity index (χ0v) is 24.8. The molecule has 0 N–H and O–H groups in total. The van der Waals surface area contributed by atoms with Crippen molar-refractivity contribution in [3.8, 4) is 33.5 Å². The number of ether oxygens (including phenoxy) is 2. The molecule has 0 saturated carbocycles. The Morgan fingerprint density at radius 2 is 1.73 bits per heavy atom. The molecule has 3 aromatic carbocycles. The SMILES string of the molecule is CC(C)(C)OC(=O)COc1cccc(-c2c(-c3cccs3)n(S(=O)(=O)c3ccc(Cl)cc3)c3ccccc23)c1C#N. The van der Waals surface area contributed by atoms with Gasteiger partial charge in [-0.2, -0.15) is 5.26 Å². The van der Waals surface area contributed by atoms with Crippen LogP contribution in [0.2, 0.25) is 5.02 Å². The second-order valence-electron chi connectivity index (χ2n) is 10.1. The number of benzene rings is 3. The molecule has 0 amide bonds. The summed E-state index contributed by atoms with van der Waals surface area (Å²) in [5.74, 6) is -0.387. The Labute approximate surface area is 247 Å².